The van der Waals surface area contributed by atoms with Crippen LogP contribution >= 0.6 is 22.7 Å². The Morgan fingerprint density at radius 2 is 0.648 bits per heavy atom. The third-order valence-electron chi connectivity index (χ3n) is 10.9. The highest BCUT2D eigenvalue weighted by atomic mass is 32.1. The van der Waals surface area contributed by atoms with Crippen molar-refractivity contribution in [3.8, 4) is 97.8 Å². The zero-order valence-electron chi connectivity index (χ0n) is 31.0. The zero-order valence-corrected chi connectivity index (χ0v) is 32.6. The van der Waals surface area contributed by atoms with Crippen LogP contribution < -0.4 is 9.47 Å². The lowest BCUT2D eigenvalue weighted by molar-refractivity contribution is 0.317. The quantitative estimate of drug-likeness (QED) is 0.139. The van der Waals surface area contributed by atoms with Gasteiger partial charge in [0.15, 0.2) is 0 Å². The van der Waals surface area contributed by atoms with E-state index in [4.69, 9.17) is 9.47 Å². The Morgan fingerprint density at radius 1 is 0.370 bits per heavy atom. The standard InChI is InChI=1S/C50H40O2S2/c1-5-27-51-35-19-15-33(16-20-35)49-45-39-25-23-37-41-38(24-26-40(42(39)41)46(45)50(54-49)34-17-21-36(22-18-34)52-28-6-2)44-43(37)47(31-11-7-29(3)8-12-31)53-48(44)32-13-9-30(4)10-14-32/h7-26H,5-6,27-28H2,1-4H3. The van der Waals surface area contributed by atoms with Crippen molar-refractivity contribution in [1.29, 1.82) is 0 Å². The molecule has 0 aliphatic heterocycles. The van der Waals surface area contributed by atoms with Crippen molar-refractivity contribution in [2.45, 2.75) is 40.5 Å². The number of benzene rings is 6. The van der Waals surface area contributed by atoms with Crippen molar-refractivity contribution in [2.75, 3.05) is 13.2 Å². The number of fused-ring (bicyclic) bond motifs is 6. The third kappa shape index (κ3) is 5.19. The lowest BCUT2D eigenvalue weighted by Crippen LogP contribution is -1.94. The van der Waals surface area contributed by atoms with E-state index in [2.05, 4.69) is 149 Å². The lowest BCUT2D eigenvalue weighted by Gasteiger charge is -2.11. The zero-order chi connectivity index (χ0) is 36.5. The fourth-order valence-corrected chi connectivity index (χ4v) is 11.0. The van der Waals surface area contributed by atoms with Crippen LogP contribution in [0.2, 0.25) is 0 Å². The Balaban J connectivity index is 1.20. The van der Waals surface area contributed by atoms with E-state index in [1.54, 1.807) is 0 Å². The molecule has 6 aromatic carbocycles. The molecule has 0 radical (unpaired) electrons. The number of aryl methyl sites for hydroxylation is 2. The summed E-state index contributed by atoms with van der Waals surface area (Å²) in [6.45, 7) is 10.1. The molecule has 0 saturated heterocycles. The molecule has 2 aliphatic rings. The first kappa shape index (κ1) is 33.2. The van der Waals surface area contributed by atoms with Crippen molar-refractivity contribution in [3.05, 3.63) is 132 Å². The monoisotopic (exact) mass is 736 g/mol. The van der Waals surface area contributed by atoms with Crippen LogP contribution in [0.4, 0.5) is 0 Å². The van der Waals surface area contributed by atoms with Gasteiger partial charge in [0.1, 0.15) is 11.5 Å². The fourth-order valence-electron chi connectivity index (χ4n) is 8.29. The van der Waals surface area contributed by atoms with Gasteiger partial charge in [-0.15, -0.1) is 22.7 Å². The van der Waals surface area contributed by atoms with E-state index in [9.17, 15) is 0 Å². The third-order valence-corrected chi connectivity index (χ3v) is 13.4. The Kier molecular flexibility index (Phi) is 8.08. The number of thiophene rings is 2. The molecule has 4 heteroatoms. The summed E-state index contributed by atoms with van der Waals surface area (Å²) in [7, 11) is 0. The van der Waals surface area contributed by atoms with Crippen LogP contribution in [0.25, 0.3) is 97.0 Å². The predicted molar refractivity (Wildman–Crippen MR) is 231 cm³/mol. The summed E-state index contributed by atoms with van der Waals surface area (Å²) in [4.78, 5) is 5.29. The predicted octanol–water partition coefficient (Wildman–Crippen LogP) is 15.1. The fraction of sp³-hybridized carbons (Fsp3) is 0.160. The molecule has 0 saturated carbocycles. The SMILES string of the molecule is CCCOc1ccc(-c2sc(-c3ccc(OCCC)cc3)c3c2-c2ccc4c5c(ccc-3c25)-c2c(-c3ccc(C)cc3)sc(-c3ccc(C)cc3)c2-4)cc1. The van der Waals surface area contributed by atoms with E-state index in [1.165, 1.54) is 108 Å². The van der Waals surface area contributed by atoms with Crippen LogP contribution in [0.15, 0.2) is 121 Å². The van der Waals surface area contributed by atoms with Crippen molar-refractivity contribution in [1.82, 2.24) is 0 Å². The van der Waals surface area contributed by atoms with Crippen LogP contribution in [-0.2, 0) is 0 Å². The first-order chi connectivity index (χ1) is 26.5. The number of ether oxygens (including phenoxy) is 2. The first-order valence-corrected chi connectivity index (χ1v) is 20.7. The molecule has 0 fully saturated rings. The van der Waals surface area contributed by atoms with Gasteiger partial charge in [0, 0.05) is 41.8 Å². The topological polar surface area (TPSA) is 18.5 Å². The molecule has 2 aromatic heterocycles. The summed E-state index contributed by atoms with van der Waals surface area (Å²) in [5.74, 6) is 1.84. The molecule has 264 valence electrons. The molecule has 10 rings (SSSR count). The molecule has 0 bridgehead atoms. The van der Waals surface area contributed by atoms with E-state index >= 15 is 0 Å². The van der Waals surface area contributed by atoms with Crippen molar-refractivity contribution >= 4 is 33.4 Å². The highest BCUT2D eigenvalue weighted by molar-refractivity contribution is 7.20. The molecule has 54 heavy (non-hydrogen) atoms. The summed E-state index contributed by atoms with van der Waals surface area (Å²) < 4.78 is 12.0. The van der Waals surface area contributed by atoms with Crippen molar-refractivity contribution < 1.29 is 9.47 Å². The van der Waals surface area contributed by atoms with Gasteiger partial charge in [0.2, 0.25) is 0 Å². The van der Waals surface area contributed by atoms with E-state index in [0.29, 0.717) is 0 Å². The number of hydrogen-bond donors (Lipinski definition) is 0. The van der Waals surface area contributed by atoms with Gasteiger partial charge in [-0.1, -0.05) is 97.8 Å². The highest BCUT2D eigenvalue weighted by Gasteiger charge is 2.37. The minimum absolute atomic E-state index is 0.723. The van der Waals surface area contributed by atoms with Gasteiger partial charge in [-0.3, -0.25) is 0 Å². The molecule has 0 N–H and O–H groups in total. The Bertz CT molecular complexity index is 2530. The molecule has 2 heterocycles. The highest BCUT2D eigenvalue weighted by Crippen LogP contribution is 2.65. The van der Waals surface area contributed by atoms with Crippen LogP contribution in [-0.4, -0.2) is 13.2 Å². The maximum absolute atomic E-state index is 5.99. The lowest BCUT2D eigenvalue weighted by atomic mass is 9.96. The largest absolute Gasteiger partial charge is 0.494 e. The molecule has 0 unspecified atom stereocenters. The Labute approximate surface area is 325 Å². The molecule has 0 spiro atoms. The Hall–Kier alpha value is -5.42. The average Bonchev–Trinajstić information content (AvgIpc) is 3.95. The molecule has 2 nitrogen and oxygen atoms in total. The molecule has 0 amide bonds. The van der Waals surface area contributed by atoms with Crippen LogP contribution in [0, 0.1) is 13.8 Å². The van der Waals surface area contributed by atoms with E-state index < -0.39 is 0 Å². The Morgan fingerprint density at radius 3 is 0.926 bits per heavy atom. The molecular weight excluding hydrogens is 697 g/mol. The smallest absolute Gasteiger partial charge is 0.119 e. The second-order valence-electron chi connectivity index (χ2n) is 14.6. The minimum Gasteiger partial charge on any atom is -0.494 e. The first-order valence-electron chi connectivity index (χ1n) is 19.1. The molecule has 0 atom stereocenters. The van der Waals surface area contributed by atoms with Gasteiger partial charge >= 0.3 is 0 Å². The summed E-state index contributed by atoms with van der Waals surface area (Å²) in [6, 6.07) is 45.3. The van der Waals surface area contributed by atoms with Gasteiger partial charge in [-0.25, -0.2) is 0 Å². The second kappa shape index (κ2) is 13.2. The van der Waals surface area contributed by atoms with E-state index in [-0.39, 0.29) is 0 Å². The summed E-state index contributed by atoms with van der Waals surface area (Å²) in [5, 5.41) is 2.76. The summed E-state index contributed by atoms with van der Waals surface area (Å²) in [6.07, 6.45) is 1.98. The molecule has 2 aliphatic carbocycles. The van der Waals surface area contributed by atoms with Gasteiger partial charge in [-0.2, -0.15) is 0 Å². The van der Waals surface area contributed by atoms with Gasteiger partial charge in [0.25, 0.3) is 0 Å². The maximum Gasteiger partial charge on any atom is 0.119 e. The van der Waals surface area contributed by atoms with Gasteiger partial charge in [-0.05, 0) is 131 Å². The maximum atomic E-state index is 5.99. The number of rotatable bonds is 10. The molecular formula is C50H40O2S2. The van der Waals surface area contributed by atoms with Crippen LogP contribution in [0.5, 0.6) is 11.5 Å². The van der Waals surface area contributed by atoms with Gasteiger partial charge in [0.05, 0.1) is 13.2 Å². The van der Waals surface area contributed by atoms with E-state index in [1.807, 2.05) is 22.7 Å². The van der Waals surface area contributed by atoms with E-state index in [0.717, 1.165) is 37.6 Å². The van der Waals surface area contributed by atoms with Crippen molar-refractivity contribution in [3.63, 3.8) is 0 Å². The van der Waals surface area contributed by atoms with Crippen LogP contribution in [0.1, 0.15) is 37.8 Å². The minimum atomic E-state index is 0.723. The van der Waals surface area contributed by atoms with Crippen LogP contribution in [0.3, 0.4) is 0 Å². The van der Waals surface area contributed by atoms with Crippen molar-refractivity contribution in [2.24, 2.45) is 0 Å². The summed E-state index contributed by atoms with van der Waals surface area (Å²) in [5.41, 5.74) is 18.3. The number of hydrogen-bond acceptors (Lipinski definition) is 4. The average molecular weight is 737 g/mol. The second-order valence-corrected chi connectivity index (χ2v) is 16.6. The van der Waals surface area contributed by atoms with Gasteiger partial charge < -0.3 is 9.47 Å². The molecule has 8 aromatic rings. The summed E-state index contributed by atoms with van der Waals surface area (Å²) >= 11 is 3.83. The normalized spacial score (nSPS) is 12.0.